The average Bonchev–Trinajstić information content (AvgIpc) is 2.99. The number of rotatable bonds is 8. The molecule has 0 radical (unpaired) electrons. The number of carbonyl (C=O) groups excluding carboxylic acids is 1. The molecule has 0 aliphatic heterocycles. The molecule has 1 atom stereocenters. The monoisotopic (exact) mass is 319 g/mol. The van der Waals surface area contributed by atoms with Gasteiger partial charge in [-0.1, -0.05) is 41.7 Å². The van der Waals surface area contributed by atoms with Gasteiger partial charge in [-0.25, -0.2) is 0 Å². The molecule has 0 unspecified atom stereocenters. The zero-order valence-electron chi connectivity index (χ0n) is 11.9. The first-order valence-electron chi connectivity index (χ1n) is 6.98. The minimum absolute atomic E-state index is 0.0715. The molecule has 2 N–H and O–H groups in total. The van der Waals surface area contributed by atoms with Crippen LogP contribution in [0.2, 0.25) is 0 Å². The molecule has 0 fully saturated rings. The Kier molecular flexibility index (Phi) is 6.02. The van der Waals surface area contributed by atoms with Crippen LogP contribution >= 0.6 is 11.3 Å². The summed E-state index contributed by atoms with van der Waals surface area (Å²) in [5, 5.41) is 19.6. The third-order valence-electron chi connectivity index (χ3n) is 3.25. The van der Waals surface area contributed by atoms with E-state index in [0.29, 0.717) is 24.4 Å². The van der Waals surface area contributed by atoms with E-state index in [1.54, 1.807) is 5.51 Å². The number of carboxylic acid groups (broad SMARTS) is 1. The highest BCUT2D eigenvalue weighted by Gasteiger charge is 2.16. The van der Waals surface area contributed by atoms with Crippen LogP contribution in [0.5, 0.6) is 0 Å². The van der Waals surface area contributed by atoms with Crippen LogP contribution < -0.4 is 5.32 Å². The number of aliphatic carboxylic acids is 1. The standard InChI is InChI=1S/C15H17N3O3S/c19-13(17-15-18-16-10-22-15)8-4-7-12(9-14(20)21)11-5-2-1-3-6-11/h1-3,5-6,10,12H,4,7-9H2,(H,20,21)(H,17,18,19)/t12-/m1/s1. The van der Waals surface area contributed by atoms with Crippen LogP contribution in [-0.4, -0.2) is 27.2 Å². The molecule has 0 aliphatic carbocycles. The molecular formula is C15H17N3O3S. The number of carbonyl (C=O) groups is 2. The topological polar surface area (TPSA) is 92.2 Å². The Morgan fingerprint density at radius 3 is 2.68 bits per heavy atom. The second kappa shape index (κ2) is 8.23. The van der Waals surface area contributed by atoms with Gasteiger partial charge in [-0.3, -0.25) is 9.59 Å². The van der Waals surface area contributed by atoms with Gasteiger partial charge in [0.1, 0.15) is 5.51 Å². The molecule has 1 aromatic heterocycles. The Labute approximate surface area is 132 Å². The van der Waals surface area contributed by atoms with Gasteiger partial charge in [0, 0.05) is 6.42 Å². The van der Waals surface area contributed by atoms with Crippen molar-refractivity contribution in [2.45, 2.75) is 31.6 Å². The van der Waals surface area contributed by atoms with Crippen molar-refractivity contribution in [1.82, 2.24) is 10.2 Å². The summed E-state index contributed by atoms with van der Waals surface area (Å²) in [4.78, 5) is 22.8. The first-order valence-corrected chi connectivity index (χ1v) is 7.86. The number of aromatic nitrogens is 2. The predicted octanol–water partition coefficient (Wildman–Crippen LogP) is 2.91. The van der Waals surface area contributed by atoms with E-state index in [9.17, 15) is 9.59 Å². The number of nitrogens with zero attached hydrogens (tertiary/aromatic N) is 2. The molecule has 22 heavy (non-hydrogen) atoms. The fourth-order valence-corrected chi connectivity index (χ4v) is 2.70. The maximum Gasteiger partial charge on any atom is 0.303 e. The number of anilines is 1. The quantitative estimate of drug-likeness (QED) is 0.780. The van der Waals surface area contributed by atoms with Crippen molar-refractivity contribution in [2.24, 2.45) is 0 Å². The van der Waals surface area contributed by atoms with Crippen molar-refractivity contribution in [1.29, 1.82) is 0 Å². The number of nitrogens with one attached hydrogen (secondary N) is 1. The van der Waals surface area contributed by atoms with Gasteiger partial charge in [0.2, 0.25) is 11.0 Å². The molecule has 0 aliphatic rings. The van der Waals surface area contributed by atoms with Gasteiger partial charge in [0.15, 0.2) is 0 Å². The van der Waals surface area contributed by atoms with Crippen LogP contribution in [0.15, 0.2) is 35.8 Å². The van der Waals surface area contributed by atoms with Crippen LogP contribution in [0, 0.1) is 0 Å². The first-order chi connectivity index (χ1) is 10.6. The van der Waals surface area contributed by atoms with Gasteiger partial charge in [-0.05, 0) is 24.3 Å². The maximum atomic E-state index is 11.8. The summed E-state index contributed by atoms with van der Waals surface area (Å²) in [6.07, 6.45) is 1.68. The molecule has 2 aromatic rings. The highest BCUT2D eigenvalue weighted by molar-refractivity contribution is 7.13. The van der Waals surface area contributed by atoms with Crippen molar-refractivity contribution in [3.8, 4) is 0 Å². The van der Waals surface area contributed by atoms with Crippen molar-refractivity contribution in [3.05, 3.63) is 41.4 Å². The van der Waals surface area contributed by atoms with Crippen LogP contribution in [0.3, 0.4) is 0 Å². The minimum atomic E-state index is -0.827. The lowest BCUT2D eigenvalue weighted by atomic mass is 9.90. The lowest BCUT2D eigenvalue weighted by molar-refractivity contribution is -0.137. The lowest BCUT2D eigenvalue weighted by Gasteiger charge is -2.15. The number of carboxylic acids is 1. The smallest absolute Gasteiger partial charge is 0.303 e. The van der Waals surface area contributed by atoms with Gasteiger partial charge in [0.25, 0.3) is 0 Å². The summed E-state index contributed by atoms with van der Waals surface area (Å²) in [5.41, 5.74) is 2.54. The summed E-state index contributed by atoms with van der Waals surface area (Å²) in [6, 6.07) is 9.54. The molecular weight excluding hydrogens is 302 g/mol. The second-order valence-corrected chi connectivity index (χ2v) is 5.72. The molecule has 0 spiro atoms. The molecule has 1 aromatic carbocycles. The van der Waals surface area contributed by atoms with Gasteiger partial charge >= 0.3 is 5.97 Å². The van der Waals surface area contributed by atoms with E-state index in [2.05, 4.69) is 15.5 Å². The highest BCUT2D eigenvalue weighted by atomic mass is 32.1. The largest absolute Gasteiger partial charge is 0.481 e. The number of amides is 1. The molecule has 6 nitrogen and oxygen atoms in total. The highest BCUT2D eigenvalue weighted by Crippen LogP contribution is 2.25. The second-order valence-electron chi connectivity index (χ2n) is 4.89. The molecule has 116 valence electrons. The Morgan fingerprint density at radius 1 is 1.27 bits per heavy atom. The van der Waals surface area contributed by atoms with E-state index in [-0.39, 0.29) is 18.2 Å². The van der Waals surface area contributed by atoms with Crippen LogP contribution in [0.1, 0.15) is 37.2 Å². The third kappa shape index (κ3) is 5.25. The molecule has 0 bridgehead atoms. The summed E-state index contributed by atoms with van der Waals surface area (Å²) in [5.74, 6) is -1.03. The zero-order valence-corrected chi connectivity index (χ0v) is 12.8. The SMILES string of the molecule is O=C(O)C[C@@H](CCCC(=O)Nc1nncs1)c1ccccc1. The van der Waals surface area contributed by atoms with Gasteiger partial charge in [-0.2, -0.15) is 0 Å². The van der Waals surface area contributed by atoms with E-state index in [1.165, 1.54) is 11.3 Å². The normalized spacial score (nSPS) is 11.8. The molecule has 0 saturated heterocycles. The lowest BCUT2D eigenvalue weighted by Crippen LogP contribution is -2.12. The molecule has 2 rings (SSSR count). The Bertz CT molecular complexity index is 602. The molecule has 0 saturated carbocycles. The van der Waals surface area contributed by atoms with Crippen molar-refractivity contribution in [3.63, 3.8) is 0 Å². The summed E-state index contributed by atoms with van der Waals surface area (Å²) < 4.78 is 0. The summed E-state index contributed by atoms with van der Waals surface area (Å²) in [6.45, 7) is 0. The van der Waals surface area contributed by atoms with Gasteiger partial charge in [-0.15, -0.1) is 10.2 Å². The third-order valence-corrected chi connectivity index (χ3v) is 3.86. The van der Waals surface area contributed by atoms with E-state index in [4.69, 9.17) is 5.11 Å². The average molecular weight is 319 g/mol. The van der Waals surface area contributed by atoms with Crippen molar-refractivity contribution in [2.75, 3.05) is 5.32 Å². The van der Waals surface area contributed by atoms with Crippen molar-refractivity contribution < 1.29 is 14.7 Å². The molecule has 7 heteroatoms. The Morgan fingerprint density at radius 2 is 2.05 bits per heavy atom. The zero-order chi connectivity index (χ0) is 15.8. The molecule has 1 heterocycles. The summed E-state index contributed by atoms with van der Waals surface area (Å²) in [7, 11) is 0. The minimum Gasteiger partial charge on any atom is -0.481 e. The first kappa shape index (κ1) is 16.1. The Balaban J connectivity index is 1.83. The van der Waals surface area contributed by atoms with E-state index < -0.39 is 5.97 Å². The van der Waals surface area contributed by atoms with Gasteiger partial charge < -0.3 is 10.4 Å². The summed E-state index contributed by atoms with van der Waals surface area (Å²) >= 11 is 1.26. The number of hydrogen-bond acceptors (Lipinski definition) is 5. The van der Waals surface area contributed by atoms with Crippen LogP contribution in [0.25, 0.3) is 0 Å². The van der Waals surface area contributed by atoms with Gasteiger partial charge in [0.05, 0.1) is 6.42 Å². The number of benzene rings is 1. The van der Waals surface area contributed by atoms with E-state index in [1.807, 2.05) is 30.3 Å². The van der Waals surface area contributed by atoms with E-state index >= 15 is 0 Å². The predicted molar refractivity (Wildman–Crippen MR) is 83.8 cm³/mol. The van der Waals surface area contributed by atoms with Crippen molar-refractivity contribution >= 4 is 28.3 Å². The van der Waals surface area contributed by atoms with Crippen LogP contribution in [-0.2, 0) is 9.59 Å². The maximum absolute atomic E-state index is 11.8. The van der Waals surface area contributed by atoms with E-state index in [0.717, 1.165) is 5.56 Å². The fourth-order valence-electron chi connectivity index (χ4n) is 2.24. The van der Waals surface area contributed by atoms with Crippen LogP contribution in [0.4, 0.5) is 5.13 Å². The Hall–Kier alpha value is -2.28. The molecule has 1 amide bonds. The fraction of sp³-hybridized carbons (Fsp3) is 0.333. The number of hydrogen-bond donors (Lipinski definition) is 2.